The van der Waals surface area contributed by atoms with E-state index >= 15 is 0 Å². The van der Waals surface area contributed by atoms with Gasteiger partial charge in [0.25, 0.3) is 0 Å². The molecule has 0 unspecified atom stereocenters. The molecule has 0 heterocycles. The van der Waals surface area contributed by atoms with Gasteiger partial charge in [0.1, 0.15) is 11.5 Å². The van der Waals surface area contributed by atoms with Crippen LogP contribution in [0.2, 0.25) is 0 Å². The molecule has 0 bridgehead atoms. The second-order valence-electron chi connectivity index (χ2n) is 6.47. The van der Waals surface area contributed by atoms with Crippen LogP contribution in [0.15, 0.2) is 12.1 Å². The van der Waals surface area contributed by atoms with Gasteiger partial charge in [-0.05, 0) is 98.2 Å². The van der Waals surface area contributed by atoms with Crippen molar-refractivity contribution in [3.05, 3.63) is 56.6 Å². The fraction of sp³-hybridized carbons (Fsp3) is 0.400. The molecule has 0 saturated heterocycles. The Kier molecular flexibility index (Phi) is 4.23. The molecule has 0 saturated carbocycles. The summed E-state index contributed by atoms with van der Waals surface area (Å²) in [4.78, 5) is 0. The Morgan fingerprint density at radius 1 is 0.636 bits per heavy atom. The van der Waals surface area contributed by atoms with Gasteiger partial charge < -0.3 is 10.2 Å². The lowest BCUT2D eigenvalue weighted by Crippen LogP contribution is -2.08. The summed E-state index contributed by atoms with van der Waals surface area (Å²) in [6.07, 6.45) is 0. The third-order valence-corrected chi connectivity index (χ3v) is 5.12. The summed E-state index contributed by atoms with van der Waals surface area (Å²) < 4.78 is 0. The summed E-state index contributed by atoms with van der Waals surface area (Å²) in [5.74, 6) is 0.946. The smallest absolute Gasteiger partial charge is 0.119 e. The first kappa shape index (κ1) is 16.4. The van der Waals surface area contributed by atoms with Crippen molar-refractivity contribution in [2.75, 3.05) is 0 Å². The Balaban J connectivity index is 2.72. The van der Waals surface area contributed by atoms with E-state index in [9.17, 15) is 10.2 Å². The highest BCUT2D eigenvalue weighted by Crippen LogP contribution is 2.39. The summed E-state index contributed by atoms with van der Waals surface area (Å²) in [7, 11) is 0. The van der Waals surface area contributed by atoms with E-state index in [4.69, 9.17) is 0 Å². The number of rotatable bonds is 2. The molecule has 0 aromatic heterocycles. The molecule has 2 N–H and O–H groups in total. The van der Waals surface area contributed by atoms with Crippen molar-refractivity contribution in [2.45, 2.75) is 54.4 Å². The molecule has 0 amide bonds. The molecule has 0 aliphatic carbocycles. The molecule has 2 nitrogen and oxygen atoms in total. The highest BCUT2D eigenvalue weighted by molar-refractivity contribution is 5.56. The molecular formula is C20H26O2. The molecule has 2 heteroatoms. The van der Waals surface area contributed by atoms with Gasteiger partial charge in [0, 0.05) is 5.92 Å². The maximum atomic E-state index is 10.0. The number of hydrogen-bond acceptors (Lipinski definition) is 2. The van der Waals surface area contributed by atoms with E-state index in [1.165, 1.54) is 11.1 Å². The largest absolute Gasteiger partial charge is 0.508 e. The monoisotopic (exact) mass is 298 g/mol. The molecular weight excluding hydrogens is 272 g/mol. The minimum Gasteiger partial charge on any atom is -0.508 e. The van der Waals surface area contributed by atoms with Gasteiger partial charge in [0.2, 0.25) is 0 Å². The summed E-state index contributed by atoms with van der Waals surface area (Å²) in [5, 5.41) is 20.0. The van der Waals surface area contributed by atoms with Gasteiger partial charge in [-0.1, -0.05) is 6.92 Å². The van der Waals surface area contributed by atoms with Crippen molar-refractivity contribution in [3.8, 4) is 11.5 Å². The average molecular weight is 298 g/mol. The van der Waals surface area contributed by atoms with Gasteiger partial charge in [0.15, 0.2) is 0 Å². The minimum absolute atomic E-state index is 0.221. The Morgan fingerprint density at radius 3 is 1.27 bits per heavy atom. The lowest BCUT2D eigenvalue weighted by molar-refractivity contribution is 0.469. The molecule has 2 aromatic carbocycles. The third kappa shape index (κ3) is 2.47. The van der Waals surface area contributed by atoms with Crippen LogP contribution in [0.25, 0.3) is 0 Å². The molecule has 0 aliphatic heterocycles. The first-order chi connectivity index (χ1) is 10.2. The van der Waals surface area contributed by atoms with Crippen molar-refractivity contribution in [1.82, 2.24) is 0 Å². The summed E-state index contributed by atoms with van der Waals surface area (Å²) >= 11 is 0. The molecule has 0 spiro atoms. The van der Waals surface area contributed by atoms with Crippen LogP contribution in [0.1, 0.15) is 57.3 Å². The van der Waals surface area contributed by atoms with E-state index in [-0.39, 0.29) is 5.92 Å². The topological polar surface area (TPSA) is 40.5 Å². The lowest BCUT2D eigenvalue weighted by atomic mass is 9.80. The van der Waals surface area contributed by atoms with E-state index in [0.29, 0.717) is 11.5 Å². The van der Waals surface area contributed by atoms with Gasteiger partial charge in [-0.3, -0.25) is 0 Å². The standard InChI is InChI=1S/C20H26O2/c1-10-8-17(21)12(3)14(5)19(10)16(7)20-11(2)9-18(22)13(4)15(20)6/h8-9,16,21-22H,1-7H3. The Hall–Kier alpha value is -1.96. The maximum Gasteiger partial charge on any atom is 0.119 e. The molecule has 118 valence electrons. The molecule has 22 heavy (non-hydrogen) atoms. The first-order valence-corrected chi connectivity index (χ1v) is 7.76. The molecule has 0 atom stereocenters. The highest BCUT2D eigenvalue weighted by Gasteiger charge is 2.21. The predicted molar refractivity (Wildman–Crippen MR) is 92.2 cm³/mol. The van der Waals surface area contributed by atoms with Gasteiger partial charge in [-0.2, -0.15) is 0 Å². The number of benzene rings is 2. The fourth-order valence-electron chi connectivity index (χ4n) is 3.64. The summed E-state index contributed by atoms with van der Waals surface area (Å²) in [5.41, 5.74) is 8.94. The number of aromatic hydroxyl groups is 2. The van der Waals surface area contributed by atoms with Crippen LogP contribution in [-0.4, -0.2) is 10.2 Å². The van der Waals surface area contributed by atoms with Crippen LogP contribution in [0.5, 0.6) is 11.5 Å². The van der Waals surface area contributed by atoms with Crippen LogP contribution in [-0.2, 0) is 0 Å². The Bertz CT molecular complexity index is 679. The second-order valence-corrected chi connectivity index (χ2v) is 6.47. The molecule has 0 radical (unpaired) electrons. The van der Waals surface area contributed by atoms with Crippen molar-refractivity contribution < 1.29 is 10.2 Å². The van der Waals surface area contributed by atoms with Crippen molar-refractivity contribution in [3.63, 3.8) is 0 Å². The van der Waals surface area contributed by atoms with Crippen LogP contribution in [0.4, 0.5) is 0 Å². The van der Waals surface area contributed by atoms with E-state index < -0.39 is 0 Å². The maximum absolute atomic E-state index is 10.0. The van der Waals surface area contributed by atoms with Crippen LogP contribution >= 0.6 is 0 Å². The molecule has 2 aromatic rings. The third-order valence-electron chi connectivity index (χ3n) is 5.12. The van der Waals surface area contributed by atoms with E-state index in [1.54, 1.807) is 0 Å². The zero-order valence-corrected chi connectivity index (χ0v) is 14.6. The average Bonchev–Trinajstić information content (AvgIpc) is 2.42. The van der Waals surface area contributed by atoms with Crippen molar-refractivity contribution in [2.24, 2.45) is 0 Å². The fourth-order valence-corrected chi connectivity index (χ4v) is 3.64. The quantitative estimate of drug-likeness (QED) is 0.809. The normalized spacial score (nSPS) is 11.3. The second kappa shape index (κ2) is 5.68. The number of hydrogen-bond donors (Lipinski definition) is 2. The van der Waals surface area contributed by atoms with Gasteiger partial charge in [-0.25, -0.2) is 0 Å². The summed E-state index contributed by atoms with van der Waals surface area (Å²) in [6, 6.07) is 3.71. The summed E-state index contributed by atoms with van der Waals surface area (Å²) in [6.45, 7) is 14.4. The molecule has 0 fully saturated rings. The lowest BCUT2D eigenvalue weighted by Gasteiger charge is -2.25. The van der Waals surface area contributed by atoms with Crippen LogP contribution in [0.3, 0.4) is 0 Å². The van der Waals surface area contributed by atoms with E-state index in [1.807, 2.05) is 26.0 Å². The van der Waals surface area contributed by atoms with E-state index in [0.717, 1.165) is 33.4 Å². The minimum atomic E-state index is 0.221. The first-order valence-electron chi connectivity index (χ1n) is 7.76. The van der Waals surface area contributed by atoms with Gasteiger partial charge in [0.05, 0.1) is 0 Å². The SMILES string of the molecule is Cc1cc(O)c(C)c(C)c1C(C)c1c(C)cc(O)c(C)c1C. The number of phenols is 2. The number of aryl methyl sites for hydroxylation is 2. The Labute approximate surface area is 133 Å². The van der Waals surface area contributed by atoms with Crippen molar-refractivity contribution in [1.29, 1.82) is 0 Å². The van der Waals surface area contributed by atoms with Crippen molar-refractivity contribution >= 4 is 0 Å². The molecule has 2 rings (SSSR count). The van der Waals surface area contributed by atoms with Crippen LogP contribution in [0, 0.1) is 41.5 Å². The highest BCUT2D eigenvalue weighted by atomic mass is 16.3. The number of phenolic OH excluding ortho intramolecular Hbond substituents is 2. The van der Waals surface area contributed by atoms with E-state index in [2.05, 4.69) is 34.6 Å². The molecule has 0 aliphatic rings. The van der Waals surface area contributed by atoms with Gasteiger partial charge in [-0.15, -0.1) is 0 Å². The van der Waals surface area contributed by atoms with Crippen LogP contribution < -0.4 is 0 Å². The zero-order valence-electron chi connectivity index (χ0n) is 14.6. The predicted octanol–water partition coefficient (Wildman–Crippen LogP) is 5.10. The van der Waals surface area contributed by atoms with Gasteiger partial charge >= 0.3 is 0 Å². The Morgan fingerprint density at radius 2 is 0.955 bits per heavy atom. The zero-order chi connectivity index (χ0) is 16.8.